The summed E-state index contributed by atoms with van der Waals surface area (Å²) in [4.78, 5) is 24.4. The minimum absolute atomic E-state index is 0.0297. The predicted octanol–water partition coefficient (Wildman–Crippen LogP) is 0.293. The number of nitrogens with two attached hydrogens (primary N) is 1. The van der Waals surface area contributed by atoms with E-state index in [0.29, 0.717) is 19.5 Å². The van der Waals surface area contributed by atoms with Crippen LogP contribution in [0.2, 0.25) is 0 Å². The molecule has 5 heteroatoms. The molecule has 1 saturated heterocycles. The van der Waals surface area contributed by atoms with Gasteiger partial charge in [-0.3, -0.25) is 4.79 Å². The van der Waals surface area contributed by atoms with Crippen LogP contribution in [0.15, 0.2) is 0 Å². The van der Waals surface area contributed by atoms with Crippen molar-refractivity contribution >= 4 is 11.9 Å². The molecule has 0 aliphatic carbocycles. The summed E-state index contributed by atoms with van der Waals surface area (Å²) in [6.45, 7) is 4.72. The van der Waals surface area contributed by atoms with E-state index in [4.69, 9.17) is 5.73 Å². The number of nitrogens with zero attached hydrogens (tertiary/aromatic N) is 1. The molecule has 3 atom stereocenters. The van der Waals surface area contributed by atoms with Gasteiger partial charge in [-0.05, 0) is 18.4 Å². The molecule has 1 fully saturated rings. The molecule has 1 heterocycles. The second kappa shape index (κ2) is 5.30. The molecule has 0 aromatic rings. The van der Waals surface area contributed by atoms with Crippen LogP contribution in [0.5, 0.6) is 0 Å². The highest BCUT2D eigenvalue weighted by atomic mass is 16.4. The van der Waals surface area contributed by atoms with Gasteiger partial charge in [-0.2, -0.15) is 0 Å². The summed E-state index contributed by atoms with van der Waals surface area (Å²) in [6, 6.07) is -0.700. The molecule has 0 bridgehead atoms. The van der Waals surface area contributed by atoms with E-state index in [0.717, 1.165) is 6.42 Å². The van der Waals surface area contributed by atoms with Crippen LogP contribution in [0.3, 0.4) is 0 Å². The zero-order valence-corrected chi connectivity index (χ0v) is 9.85. The molecule has 0 saturated carbocycles. The molecule has 92 valence electrons. The first-order chi connectivity index (χ1) is 7.51. The van der Waals surface area contributed by atoms with E-state index in [1.807, 2.05) is 13.8 Å². The Morgan fingerprint density at radius 3 is 2.69 bits per heavy atom. The summed E-state index contributed by atoms with van der Waals surface area (Å²) in [5.74, 6) is -0.917. The Balaban J connectivity index is 2.80. The van der Waals surface area contributed by atoms with E-state index < -0.39 is 12.0 Å². The van der Waals surface area contributed by atoms with Gasteiger partial charge in [-0.1, -0.05) is 20.3 Å². The average molecular weight is 228 g/mol. The molecular weight excluding hydrogens is 208 g/mol. The number of hydrogen-bond acceptors (Lipinski definition) is 3. The fourth-order valence-corrected chi connectivity index (χ4v) is 2.14. The van der Waals surface area contributed by atoms with E-state index in [1.165, 1.54) is 4.90 Å². The van der Waals surface area contributed by atoms with E-state index >= 15 is 0 Å². The molecule has 5 nitrogen and oxygen atoms in total. The largest absolute Gasteiger partial charge is 0.480 e. The van der Waals surface area contributed by atoms with Gasteiger partial charge in [0, 0.05) is 13.0 Å². The first-order valence-electron chi connectivity index (χ1n) is 5.73. The zero-order valence-electron chi connectivity index (χ0n) is 9.85. The summed E-state index contributed by atoms with van der Waals surface area (Å²) in [5, 5.41) is 9.19. The maximum absolute atomic E-state index is 11.7. The normalized spacial score (nSPS) is 24.6. The lowest BCUT2D eigenvalue weighted by Gasteiger charge is -2.29. The van der Waals surface area contributed by atoms with Crippen LogP contribution in [0.1, 0.15) is 26.7 Å². The number of aliphatic carboxylic acids is 1. The van der Waals surface area contributed by atoms with Gasteiger partial charge in [0.2, 0.25) is 5.91 Å². The van der Waals surface area contributed by atoms with Crippen LogP contribution in [-0.4, -0.2) is 41.0 Å². The van der Waals surface area contributed by atoms with Crippen molar-refractivity contribution in [2.24, 2.45) is 17.6 Å². The molecule has 1 rings (SSSR count). The highest BCUT2D eigenvalue weighted by molar-refractivity contribution is 5.85. The predicted molar refractivity (Wildman–Crippen MR) is 59.8 cm³/mol. The second-order valence-electron chi connectivity index (χ2n) is 4.52. The van der Waals surface area contributed by atoms with Gasteiger partial charge in [0.15, 0.2) is 0 Å². The van der Waals surface area contributed by atoms with E-state index in [9.17, 15) is 14.7 Å². The number of carboxylic acid groups (broad SMARTS) is 1. The van der Waals surface area contributed by atoms with Crippen LogP contribution in [0, 0.1) is 11.8 Å². The molecule has 0 aromatic carbocycles. The monoisotopic (exact) mass is 228 g/mol. The van der Waals surface area contributed by atoms with Crippen LogP contribution in [0.25, 0.3) is 0 Å². The highest BCUT2D eigenvalue weighted by Gasteiger charge is 2.39. The molecule has 0 radical (unpaired) electrons. The molecule has 0 aromatic heterocycles. The first kappa shape index (κ1) is 13.0. The van der Waals surface area contributed by atoms with Crippen LogP contribution in [-0.2, 0) is 9.59 Å². The molecule has 16 heavy (non-hydrogen) atoms. The quantitative estimate of drug-likeness (QED) is 0.708. The molecule has 0 spiro atoms. The van der Waals surface area contributed by atoms with Gasteiger partial charge in [-0.15, -0.1) is 0 Å². The van der Waals surface area contributed by atoms with Crippen LogP contribution >= 0.6 is 0 Å². The molecule has 1 amide bonds. The van der Waals surface area contributed by atoms with E-state index in [-0.39, 0.29) is 17.7 Å². The third kappa shape index (κ3) is 2.52. The molecule has 1 aliphatic rings. The minimum atomic E-state index is -0.916. The number of carbonyl (C=O) groups is 2. The number of carbonyl (C=O) groups excluding carboxylic acids is 1. The minimum Gasteiger partial charge on any atom is -0.480 e. The van der Waals surface area contributed by atoms with E-state index in [1.54, 1.807) is 0 Å². The maximum atomic E-state index is 11.7. The van der Waals surface area contributed by atoms with Crippen molar-refractivity contribution in [3.05, 3.63) is 0 Å². The number of likely N-dealkylation sites (tertiary alicyclic amines) is 1. The lowest BCUT2D eigenvalue weighted by atomic mass is 9.98. The Bertz CT molecular complexity index is 280. The average Bonchev–Trinajstić information content (AvgIpc) is 2.59. The van der Waals surface area contributed by atoms with Crippen molar-refractivity contribution in [1.82, 2.24) is 4.90 Å². The first-order valence-corrected chi connectivity index (χ1v) is 5.73. The van der Waals surface area contributed by atoms with Gasteiger partial charge < -0.3 is 15.7 Å². The lowest BCUT2D eigenvalue weighted by Crippen LogP contribution is -2.46. The maximum Gasteiger partial charge on any atom is 0.326 e. The number of amides is 1. The Morgan fingerprint density at radius 1 is 1.69 bits per heavy atom. The van der Waals surface area contributed by atoms with Gasteiger partial charge in [0.1, 0.15) is 6.04 Å². The highest BCUT2D eigenvalue weighted by Crippen LogP contribution is 2.24. The van der Waals surface area contributed by atoms with Gasteiger partial charge in [0.05, 0.1) is 0 Å². The molecular formula is C11H20N2O3. The second-order valence-corrected chi connectivity index (χ2v) is 4.52. The number of carboxylic acids is 1. The van der Waals surface area contributed by atoms with Gasteiger partial charge >= 0.3 is 5.97 Å². The summed E-state index contributed by atoms with van der Waals surface area (Å²) < 4.78 is 0. The van der Waals surface area contributed by atoms with Crippen molar-refractivity contribution in [3.63, 3.8) is 0 Å². The topological polar surface area (TPSA) is 83.6 Å². The lowest BCUT2D eigenvalue weighted by molar-refractivity contribution is -0.150. The van der Waals surface area contributed by atoms with Gasteiger partial charge in [0.25, 0.3) is 0 Å². The Labute approximate surface area is 95.6 Å². The smallest absolute Gasteiger partial charge is 0.326 e. The summed E-state index contributed by atoms with van der Waals surface area (Å²) in [5.41, 5.74) is 5.52. The van der Waals surface area contributed by atoms with Crippen molar-refractivity contribution in [2.45, 2.75) is 32.7 Å². The van der Waals surface area contributed by atoms with Crippen molar-refractivity contribution in [2.75, 3.05) is 13.1 Å². The Hall–Kier alpha value is -1.10. The fraction of sp³-hybridized carbons (Fsp3) is 0.818. The van der Waals surface area contributed by atoms with Gasteiger partial charge in [-0.25, -0.2) is 4.79 Å². The third-order valence-corrected chi connectivity index (χ3v) is 3.34. The Morgan fingerprint density at radius 2 is 2.31 bits per heavy atom. The number of hydrogen-bond donors (Lipinski definition) is 2. The van der Waals surface area contributed by atoms with Crippen molar-refractivity contribution in [1.29, 1.82) is 0 Å². The molecule has 3 unspecified atom stereocenters. The van der Waals surface area contributed by atoms with E-state index in [2.05, 4.69) is 0 Å². The summed E-state index contributed by atoms with van der Waals surface area (Å²) >= 11 is 0. The fourth-order valence-electron chi connectivity index (χ4n) is 2.14. The van der Waals surface area contributed by atoms with Crippen LogP contribution < -0.4 is 5.73 Å². The summed E-state index contributed by atoms with van der Waals surface area (Å²) in [6.07, 6.45) is 1.13. The SMILES string of the molecule is CCC(C)C(C(=O)O)N1CC(CN)CC1=O. The standard InChI is InChI=1S/C11H20N2O3/c1-3-7(2)10(11(15)16)13-6-8(5-12)4-9(13)14/h7-8,10H,3-6,12H2,1-2H3,(H,15,16). The molecule has 1 aliphatic heterocycles. The Kier molecular flexibility index (Phi) is 4.29. The van der Waals surface area contributed by atoms with Crippen molar-refractivity contribution < 1.29 is 14.7 Å². The zero-order chi connectivity index (χ0) is 12.3. The van der Waals surface area contributed by atoms with Crippen molar-refractivity contribution in [3.8, 4) is 0 Å². The number of rotatable bonds is 5. The summed E-state index contributed by atoms with van der Waals surface area (Å²) in [7, 11) is 0. The molecule has 3 N–H and O–H groups in total. The van der Waals surface area contributed by atoms with Crippen LogP contribution in [0.4, 0.5) is 0 Å². The third-order valence-electron chi connectivity index (χ3n) is 3.34.